The van der Waals surface area contributed by atoms with E-state index in [1.165, 1.54) is 32.1 Å². The Balaban J connectivity index is 3.73. The van der Waals surface area contributed by atoms with Crippen molar-refractivity contribution in [2.45, 2.75) is 155 Å². The number of unbranched alkanes of at least 4 members (excludes halogenated alkanes) is 9. The van der Waals surface area contributed by atoms with Crippen molar-refractivity contribution in [2.75, 3.05) is 13.2 Å². The maximum absolute atomic E-state index is 12.1. The Kier molecular flexibility index (Phi) is 36.7. The Bertz CT molecular complexity index is 995. The summed E-state index contributed by atoms with van der Waals surface area (Å²) in [6.07, 6.45) is 54.8. The first-order valence-corrected chi connectivity index (χ1v) is 19.3. The van der Waals surface area contributed by atoms with Crippen LogP contribution in [0.25, 0.3) is 0 Å². The molecule has 0 radical (unpaired) electrons. The highest BCUT2D eigenvalue weighted by atomic mass is 16.6. The van der Waals surface area contributed by atoms with Crippen LogP contribution in [0.4, 0.5) is 0 Å². The number of hydrogen-bond donors (Lipinski definition) is 1. The molecule has 1 atom stereocenters. The van der Waals surface area contributed by atoms with Crippen molar-refractivity contribution in [1.29, 1.82) is 0 Å². The molecule has 0 aliphatic rings. The molecule has 0 heterocycles. The standard InChI is InChI=1S/C44H70O5/c1-3-5-7-9-11-13-14-15-16-17-18-19-20-21-22-23-24-25-26-27-28-29-30-31-33-35-37-39-44(47)49-42(40-45)41-48-43(46)38-36-34-32-12-10-8-6-4-2/h5,7,11,13,15-16,18-19,21-22,24-25,27-28,30-31,42,45H,3-4,6,8-10,12,14,17,20,23,26,29,32-41H2,1-2H3/b7-5-,13-11-,16-15-,19-18-,22-21-,25-24-,28-27-,31-30-. The smallest absolute Gasteiger partial charge is 0.306 e. The molecule has 0 bridgehead atoms. The lowest BCUT2D eigenvalue weighted by atomic mass is 10.1. The number of aliphatic hydroxyl groups is 1. The van der Waals surface area contributed by atoms with E-state index in [0.717, 1.165) is 89.9 Å². The number of ether oxygens (including phenoxy) is 2. The van der Waals surface area contributed by atoms with Crippen LogP contribution in [0.1, 0.15) is 149 Å². The van der Waals surface area contributed by atoms with Crippen LogP contribution in [0, 0.1) is 0 Å². The maximum Gasteiger partial charge on any atom is 0.306 e. The lowest BCUT2D eigenvalue weighted by Gasteiger charge is -2.15. The number of esters is 2. The predicted molar refractivity (Wildman–Crippen MR) is 209 cm³/mol. The molecule has 0 aromatic rings. The molecule has 0 amide bonds. The summed E-state index contributed by atoms with van der Waals surface area (Å²) in [5.74, 6) is -0.657. The SMILES string of the molecule is CC/C=C\C/C=C\C/C=C\C/C=C\C/C=C\C/C=C\C/C=C\C/C=C\CCCCC(=O)OC(CO)COC(=O)CCCCCCCCCC. The summed E-state index contributed by atoms with van der Waals surface area (Å²) >= 11 is 0. The molecule has 0 aromatic carbocycles. The normalized spacial score (nSPS) is 13.3. The van der Waals surface area contributed by atoms with Gasteiger partial charge >= 0.3 is 11.9 Å². The minimum atomic E-state index is -0.797. The zero-order valence-electron chi connectivity index (χ0n) is 31.2. The molecule has 5 nitrogen and oxygen atoms in total. The third-order valence-electron chi connectivity index (χ3n) is 7.64. The molecule has 0 aliphatic carbocycles. The van der Waals surface area contributed by atoms with Crippen molar-refractivity contribution >= 4 is 11.9 Å². The number of hydrogen-bond acceptors (Lipinski definition) is 5. The Hall–Kier alpha value is -3.18. The third-order valence-corrected chi connectivity index (χ3v) is 7.64. The Morgan fingerprint density at radius 2 is 0.878 bits per heavy atom. The minimum Gasteiger partial charge on any atom is -0.462 e. The summed E-state index contributed by atoms with van der Waals surface area (Å²) < 4.78 is 10.5. The van der Waals surface area contributed by atoms with Crippen LogP contribution in [-0.4, -0.2) is 36.4 Å². The van der Waals surface area contributed by atoms with Gasteiger partial charge in [-0.3, -0.25) is 9.59 Å². The number of allylic oxidation sites excluding steroid dienone is 16. The predicted octanol–water partition coefficient (Wildman–Crippen LogP) is 12.1. The summed E-state index contributed by atoms with van der Waals surface area (Å²) in [4.78, 5) is 24.1. The zero-order chi connectivity index (χ0) is 35.7. The van der Waals surface area contributed by atoms with E-state index in [1.807, 2.05) is 0 Å². The van der Waals surface area contributed by atoms with Crippen LogP contribution in [-0.2, 0) is 19.1 Å². The van der Waals surface area contributed by atoms with Gasteiger partial charge in [0.15, 0.2) is 6.10 Å². The fraction of sp³-hybridized carbons (Fsp3) is 0.591. The van der Waals surface area contributed by atoms with Gasteiger partial charge in [-0.25, -0.2) is 0 Å². The van der Waals surface area contributed by atoms with E-state index in [9.17, 15) is 14.7 Å². The monoisotopic (exact) mass is 679 g/mol. The summed E-state index contributed by atoms with van der Waals surface area (Å²) in [6.45, 7) is 3.93. The van der Waals surface area contributed by atoms with Crippen molar-refractivity contribution in [3.8, 4) is 0 Å². The van der Waals surface area contributed by atoms with Crippen molar-refractivity contribution < 1.29 is 24.2 Å². The van der Waals surface area contributed by atoms with Crippen molar-refractivity contribution in [1.82, 2.24) is 0 Å². The number of carbonyl (C=O) groups is 2. The molecule has 0 rings (SSSR count). The van der Waals surface area contributed by atoms with E-state index in [4.69, 9.17) is 9.47 Å². The molecule has 49 heavy (non-hydrogen) atoms. The second kappa shape index (κ2) is 39.3. The van der Waals surface area contributed by atoms with Gasteiger partial charge in [0.25, 0.3) is 0 Å². The first-order valence-electron chi connectivity index (χ1n) is 19.3. The molecular formula is C44H70O5. The highest BCUT2D eigenvalue weighted by Crippen LogP contribution is 2.11. The van der Waals surface area contributed by atoms with Gasteiger partial charge in [-0.2, -0.15) is 0 Å². The Morgan fingerprint density at radius 3 is 1.33 bits per heavy atom. The average molecular weight is 679 g/mol. The van der Waals surface area contributed by atoms with E-state index in [1.54, 1.807) is 0 Å². The van der Waals surface area contributed by atoms with Crippen LogP contribution in [0.15, 0.2) is 97.2 Å². The van der Waals surface area contributed by atoms with Gasteiger partial charge in [-0.1, -0.05) is 156 Å². The Labute approximate surface area is 300 Å². The van der Waals surface area contributed by atoms with Gasteiger partial charge < -0.3 is 14.6 Å². The van der Waals surface area contributed by atoms with Gasteiger partial charge in [-0.15, -0.1) is 0 Å². The second-order valence-corrected chi connectivity index (χ2v) is 12.3. The van der Waals surface area contributed by atoms with Crippen LogP contribution >= 0.6 is 0 Å². The summed E-state index contributed by atoms with van der Waals surface area (Å²) in [5, 5.41) is 9.50. The number of aliphatic hydroxyl groups excluding tert-OH is 1. The van der Waals surface area contributed by atoms with E-state index < -0.39 is 6.10 Å². The molecule has 0 aromatic heterocycles. The van der Waals surface area contributed by atoms with Crippen LogP contribution in [0.2, 0.25) is 0 Å². The molecule has 1 unspecified atom stereocenters. The van der Waals surface area contributed by atoms with E-state index in [-0.39, 0.29) is 25.2 Å². The number of carbonyl (C=O) groups excluding carboxylic acids is 2. The fourth-order valence-corrected chi connectivity index (χ4v) is 4.74. The van der Waals surface area contributed by atoms with Crippen LogP contribution in [0.5, 0.6) is 0 Å². The van der Waals surface area contributed by atoms with E-state index in [0.29, 0.717) is 12.8 Å². The molecule has 0 fully saturated rings. The molecule has 0 aliphatic heterocycles. The van der Waals surface area contributed by atoms with Crippen LogP contribution in [0.3, 0.4) is 0 Å². The molecule has 0 saturated carbocycles. The quantitative estimate of drug-likeness (QED) is 0.0425. The topological polar surface area (TPSA) is 72.8 Å². The van der Waals surface area contributed by atoms with Crippen molar-refractivity contribution in [2.24, 2.45) is 0 Å². The first-order chi connectivity index (χ1) is 24.1. The highest BCUT2D eigenvalue weighted by Gasteiger charge is 2.16. The van der Waals surface area contributed by atoms with Gasteiger partial charge in [0.2, 0.25) is 0 Å². The average Bonchev–Trinajstić information content (AvgIpc) is 3.10. The molecule has 5 heteroatoms. The second-order valence-electron chi connectivity index (χ2n) is 12.3. The summed E-state index contributed by atoms with van der Waals surface area (Å²) in [6, 6.07) is 0. The van der Waals surface area contributed by atoms with E-state index in [2.05, 4.69) is 111 Å². The summed E-state index contributed by atoms with van der Waals surface area (Å²) in [5.41, 5.74) is 0. The number of rotatable bonds is 33. The van der Waals surface area contributed by atoms with Gasteiger partial charge in [0.1, 0.15) is 6.61 Å². The lowest BCUT2D eigenvalue weighted by molar-refractivity contribution is -0.161. The molecule has 276 valence electrons. The van der Waals surface area contributed by atoms with Crippen molar-refractivity contribution in [3.05, 3.63) is 97.2 Å². The molecule has 1 N–H and O–H groups in total. The van der Waals surface area contributed by atoms with Crippen LogP contribution < -0.4 is 0 Å². The molecule has 0 spiro atoms. The lowest BCUT2D eigenvalue weighted by Crippen LogP contribution is -2.28. The van der Waals surface area contributed by atoms with E-state index >= 15 is 0 Å². The maximum atomic E-state index is 12.1. The zero-order valence-corrected chi connectivity index (χ0v) is 31.2. The summed E-state index contributed by atoms with van der Waals surface area (Å²) in [7, 11) is 0. The third kappa shape index (κ3) is 37.5. The molecular weight excluding hydrogens is 608 g/mol. The van der Waals surface area contributed by atoms with Gasteiger partial charge in [-0.05, 0) is 77.0 Å². The highest BCUT2D eigenvalue weighted by molar-refractivity contribution is 5.70. The largest absolute Gasteiger partial charge is 0.462 e. The van der Waals surface area contributed by atoms with Gasteiger partial charge in [0.05, 0.1) is 6.61 Å². The minimum absolute atomic E-state index is 0.0889. The molecule has 0 saturated heterocycles. The van der Waals surface area contributed by atoms with Gasteiger partial charge in [0, 0.05) is 12.8 Å². The first kappa shape index (κ1) is 45.8. The Morgan fingerprint density at radius 1 is 0.490 bits per heavy atom. The fourth-order valence-electron chi connectivity index (χ4n) is 4.74. The van der Waals surface area contributed by atoms with Crippen molar-refractivity contribution in [3.63, 3.8) is 0 Å².